The highest BCUT2D eigenvalue weighted by molar-refractivity contribution is 6.00. The SMILES string of the molecule is CC1(C)CC[C@@H](COc2cccc(-c3cn([C@H]4C[C@@H](CN5CCCC5C(N)=O)C4)c4ncnc(N)c34)c2)O1. The van der Waals surface area contributed by atoms with Crippen molar-refractivity contribution in [1.82, 2.24) is 19.4 Å². The van der Waals surface area contributed by atoms with Crippen LogP contribution in [0.2, 0.25) is 0 Å². The van der Waals surface area contributed by atoms with Gasteiger partial charge in [-0.3, -0.25) is 9.69 Å². The topological polar surface area (TPSA) is 122 Å². The van der Waals surface area contributed by atoms with Gasteiger partial charge in [-0.15, -0.1) is 0 Å². The summed E-state index contributed by atoms with van der Waals surface area (Å²) in [5, 5.41) is 0.877. The standard InChI is InChI=1S/C29H38N6O3/c1-29(2)9-8-22(38-29)16-37-21-6-3-5-19(13-21)23-15-35(28-25(23)26(30)32-17-33-28)20-11-18(12-20)14-34-10-4-7-24(34)27(31)36/h3,5-6,13,15,17-18,20,22,24H,4,7-12,14,16H2,1-2H3,(H2,31,36)(H2,30,32,33)/t18-,20+,22-,24?/m0/s1. The fourth-order valence-corrected chi connectivity index (χ4v) is 6.52. The molecule has 0 spiro atoms. The van der Waals surface area contributed by atoms with Gasteiger partial charge < -0.3 is 25.5 Å². The molecule has 9 heteroatoms. The van der Waals surface area contributed by atoms with E-state index in [2.05, 4.69) is 51.6 Å². The van der Waals surface area contributed by atoms with Gasteiger partial charge in [0.15, 0.2) is 0 Å². The van der Waals surface area contributed by atoms with E-state index >= 15 is 0 Å². The number of nitrogen functional groups attached to an aromatic ring is 1. The molecular weight excluding hydrogens is 480 g/mol. The Morgan fingerprint density at radius 2 is 2.08 bits per heavy atom. The molecule has 3 fully saturated rings. The normalized spacial score (nSPS) is 27.0. The summed E-state index contributed by atoms with van der Waals surface area (Å²) in [5.41, 5.74) is 14.8. The van der Waals surface area contributed by atoms with Gasteiger partial charge >= 0.3 is 0 Å². The number of rotatable bonds is 8. The summed E-state index contributed by atoms with van der Waals surface area (Å²) in [4.78, 5) is 23.0. The molecular formula is C29H38N6O3. The van der Waals surface area contributed by atoms with Crippen LogP contribution in [0.5, 0.6) is 5.75 Å². The Morgan fingerprint density at radius 3 is 2.84 bits per heavy atom. The van der Waals surface area contributed by atoms with E-state index in [-0.39, 0.29) is 23.7 Å². The summed E-state index contributed by atoms with van der Waals surface area (Å²) < 4.78 is 14.5. The molecule has 0 bridgehead atoms. The first-order valence-corrected chi connectivity index (χ1v) is 13.8. The second-order valence-corrected chi connectivity index (χ2v) is 11.8. The molecule has 1 aliphatic carbocycles. The van der Waals surface area contributed by atoms with Crippen molar-refractivity contribution in [2.45, 2.75) is 76.2 Å². The number of aromatic nitrogens is 3. The fourth-order valence-electron chi connectivity index (χ4n) is 6.52. The highest BCUT2D eigenvalue weighted by Crippen LogP contribution is 2.44. The lowest BCUT2D eigenvalue weighted by atomic mass is 9.79. The Morgan fingerprint density at radius 1 is 1.24 bits per heavy atom. The minimum absolute atomic E-state index is 0.0756. The predicted molar refractivity (Wildman–Crippen MR) is 147 cm³/mol. The van der Waals surface area contributed by atoms with Crippen molar-refractivity contribution in [1.29, 1.82) is 0 Å². The van der Waals surface area contributed by atoms with E-state index in [9.17, 15) is 4.79 Å². The van der Waals surface area contributed by atoms with Gasteiger partial charge in [0, 0.05) is 24.3 Å². The number of anilines is 1. The second-order valence-electron chi connectivity index (χ2n) is 11.8. The zero-order valence-corrected chi connectivity index (χ0v) is 22.3. The van der Waals surface area contributed by atoms with E-state index in [4.69, 9.17) is 20.9 Å². The molecule has 2 saturated heterocycles. The molecule has 3 aromatic rings. The quantitative estimate of drug-likeness (QED) is 0.464. The minimum Gasteiger partial charge on any atom is -0.491 e. The summed E-state index contributed by atoms with van der Waals surface area (Å²) >= 11 is 0. The molecule has 4 N–H and O–H groups in total. The lowest BCUT2D eigenvalue weighted by molar-refractivity contribution is -0.122. The van der Waals surface area contributed by atoms with E-state index < -0.39 is 0 Å². The highest BCUT2D eigenvalue weighted by atomic mass is 16.6. The van der Waals surface area contributed by atoms with Gasteiger partial charge in [0.1, 0.15) is 30.1 Å². The van der Waals surface area contributed by atoms with Crippen LogP contribution >= 0.6 is 0 Å². The van der Waals surface area contributed by atoms with Crippen LogP contribution in [0.3, 0.4) is 0 Å². The number of hydrogen-bond donors (Lipinski definition) is 2. The number of nitrogens with two attached hydrogens (primary N) is 2. The number of ether oxygens (including phenoxy) is 2. The van der Waals surface area contributed by atoms with Crippen LogP contribution in [0, 0.1) is 5.92 Å². The second kappa shape index (κ2) is 9.85. The van der Waals surface area contributed by atoms with Crippen molar-refractivity contribution in [3.05, 3.63) is 36.8 Å². The number of primary amides is 1. The largest absolute Gasteiger partial charge is 0.491 e. The smallest absolute Gasteiger partial charge is 0.234 e. The number of likely N-dealkylation sites (tertiary alicyclic amines) is 1. The molecule has 38 heavy (non-hydrogen) atoms. The van der Waals surface area contributed by atoms with Gasteiger partial charge in [0.05, 0.1) is 23.1 Å². The van der Waals surface area contributed by atoms with E-state index in [1.807, 2.05) is 12.1 Å². The molecule has 1 unspecified atom stereocenters. The van der Waals surface area contributed by atoms with Crippen molar-refractivity contribution in [3.8, 4) is 16.9 Å². The van der Waals surface area contributed by atoms with E-state index in [1.54, 1.807) is 6.33 Å². The molecule has 3 aliphatic rings. The lowest BCUT2D eigenvalue weighted by Gasteiger charge is -2.39. The van der Waals surface area contributed by atoms with Gasteiger partial charge in [-0.2, -0.15) is 0 Å². The van der Waals surface area contributed by atoms with Crippen molar-refractivity contribution in [2.75, 3.05) is 25.4 Å². The van der Waals surface area contributed by atoms with Crippen LogP contribution < -0.4 is 16.2 Å². The van der Waals surface area contributed by atoms with Gasteiger partial charge in [-0.1, -0.05) is 12.1 Å². The van der Waals surface area contributed by atoms with Gasteiger partial charge in [0.25, 0.3) is 0 Å². The lowest BCUT2D eigenvalue weighted by Crippen LogP contribution is -2.44. The average molecular weight is 519 g/mol. The molecule has 202 valence electrons. The number of carbonyl (C=O) groups is 1. The molecule has 9 nitrogen and oxygen atoms in total. The Balaban J connectivity index is 1.19. The first-order valence-electron chi connectivity index (χ1n) is 13.8. The van der Waals surface area contributed by atoms with Crippen LogP contribution in [0.15, 0.2) is 36.8 Å². The van der Waals surface area contributed by atoms with Crippen LogP contribution in [0.1, 0.15) is 58.4 Å². The number of hydrogen-bond acceptors (Lipinski definition) is 7. The molecule has 1 amide bonds. The third kappa shape index (κ3) is 4.85. The third-order valence-corrected chi connectivity index (χ3v) is 8.56. The molecule has 2 atom stereocenters. The van der Waals surface area contributed by atoms with Crippen molar-refractivity contribution in [2.24, 2.45) is 11.7 Å². The van der Waals surface area contributed by atoms with Gasteiger partial charge in [-0.25, -0.2) is 9.97 Å². The summed E-state index contributed by atoms with van der Waals surface area (Å²) in [6.07, 6.45) is 9.88. The summed E-state index contributed by atoms with van der Waals surface area (Å²) in [6, 6.07) is 8.36. The van der Waals surface area contributed by atoms with Crippen molar-refractivity contribution < 1.29 is 14.3 Å². The van der Waals surface area contributed by atoms with Crippen molar-refractivity contribution in [3.63, 3.8) is 0 Å². The van der Waals surface area contributed by atoms with E-state index in [1.165, 1.54) is 0 Å². The highest BCUT2D eigenvalue weighted by Gasteiger charge is 2.37. The predicted octanol–water partition coefficient (Wildman–Crippen LogP) is 3.92. The number of benzene rings is 1. The maximum absolute atomic E-state index is 11.8. The molecule has 1 aromatic carbocycles. The van der Waals surface area contributed by atoms with Crippen LogP contribution in [-0.2, 0) is 9.53 Å². The van der Waals surface area contributed by atoms with E-state index in [0.717, 1.165) is 79.5 Å². The Bertz CT molecular complexity index is 1330. The monoisotopic (exact) mass is 518 g/mol. The zero-order valence-electron chi connectivity index (χ0n) is 22.3. The third-order valence-electron chi connectivity index (χ3n) is 8.56. The Kier molecular flexibility index (Phi) is 6.52. The van der Waals surface area contributed by atoms with Crippen LogP contribution in [0.4, 0.5) is 5.82 Å². The first kappa shape index (κ1) is 25.1. The molecule has 2 aliphatic heterocycles. The van der Waals surface area contributed by atoms with E-state index in [0.29, 0.717) is 24.4 Å². The number of nitrogens with zero attached hydrogens (tertiary/aromatic N) is 4. The van der Waals surface area contributed by atoms with Crippen molar-refractivity contribution >= 4 is 22.8 Å². The number of amides is 1. The summed E-state index contributed by atoms with van der Waals surface area (Å²) in [6.45, 7) is 6.68. The first-order chi connectivity index (χ1) is 18.3. The zero-order chi connectivity index (χ0) is 26.4. The van der Waals surface area contributed by atoms with Gasteiger partial charge in [0.2, 0.25) is 5.91 Å². The fraction of sp³-hybridized carbons (Fsp3) is 0.552. The minimum atomic E-state index is -0.197. The molecule has 4 heterocycles. The Labute approximate surface area is 223 Å². The molecule has 0 radical (unpaired) electrons. The number of carbonyl (C=O) groups excluding carboxylic acids is 1. The number of fused-ring (bicyclic) bond motifs is 1. The molecule has 6 rings (SSSR count). The van der Waals surface area contributed by atoms with Gasteiger partial charge in [-0.05, 0) is 82.5 Å². The molecule has 2 aromatic heterocycles. The Hall–Kier alpha value is -3.17. The average Bonchev–Trinajstić information content (AvgIpc) is 3.57. The maximum Gasteiger partial charge on any atom is 0.234 e. The van der Waals surface area contributed by atoms with Crippen LogP contribution in [0.25, 0.3) is 22.2 Å². The van der Waals surface area contributed by atoms with Crippen LogP contribution in [-0.4, -0.2) is 62.8 Å². The maximum atomic E-state index is 11.8. The summed E-state index contributed by atoms with van der Waals surface area (Å²) in [7, 11) is 0. The summed E-state index contributed by atoms with van der Waals surface area (Å²) in [5.74, 6) is 1.64. The molecule has 1 saturated carbocycles.